The fraction of sp³-hybridized carbons (Fsp3) is 0.222. The lowest BCUT2D eigenvalue weighted by Gasteiger charge is -2.21. The Labute approximate surface area is 153 Å². The maximum Gasteiger partial charge on any atom is 0.255 e. The van der Waals surface area contributed by atoms with Crippen LogP contribution in [0.4, 0.5) is 0 Å². The molecule has 0 bridgehead atoms. The van der Waals surface area contributed by atoms with Crippen LogP contribution in [0, 0.1) is 0 Å². The number of nitrogens with zero attached hydrogens (tertiary/aromatic N) is 2. The average molecular weight is 375 g/mol. The lowest BCUT2D eigenvalue weighted by Crippen LogP contribution is -2.32. The monoisotopic (exact) mass is 374 g/mol. The molecule has 122 valence electrons. The van der Waals surface area contributed by atoms with Crippen LogP contribution in [-0.2, 0) is 6.54 Å². The van der Waals surface area contributed by atoms with Crippen LogP contribution in [0.5, 0.6) is 0 Å². The van der Waals surface area contributed by atoms with E-state index in [2.05, 4.69) is 34.6 Å². The van der Waals surface area contributed by atoms with Crippen molar-refractivity contribution in [1.82, 2.24) is 9.88 Å². The summed E-state index contributed by atoms with van der Waals surface area (Å²) in [4.78, 5) is 22.6. The van der Waals surface area contributed by atoms with Gasteiger partial charge in [-0.3, -0.25) is 4.79 Å². The summed E-state index contributed by atoms with van der Waals surface area (Å²) in [5, 5.41) is 2.49. The van der Waals surface area contributed by atoms with E-state index in [4.69, 9.17) is 11.6 Å². The largest absolute Gasteiger partial charge is 0.330 e. The highest BCUT2D eigenvalue weighted by Gasteiger charge is 2.33. The van der Waals surface area contributed by atoms with Gasteiger partial charge in [0.15, 0.2) is 0 Å². The number of rotatable bonds is 5. The lowest BCUT2D eigenvalue weighted by molar-refractivity contribution is 0.0731. The number of amides is 1. The highest BCUT2D eigenvalue weighted by Crippen LogP contribution is 2.35. The Morgan fingerprint density at radius 1 is 1.21 bits per heavy atom. The number of halogens is 1. The SMILES string of the molecule is O=C(c1ccc(Cl)nc1)N(Cc1ccc(-c2cccs2)s1)C1CC1. The summed E-state index contributed by atoms with van der Waals surface area (Å²) in [7, 11) is 0. The molecule has 3 aromatic rings. The molecule has 0 N–H and O–H groups in total. The van der Waals surface area contributed by atoms with Gasteiger partial charge in [-0.05, 0) is 48.6 Å². The number of carbonyl (C=O) groups is 1. The average Bonchev–Trinajstić information content (AvgIpc) is 3.10. The van der Waals surface area contributed by atoms with Gasteiger partial charge in [-0.1, -0.05) is 17.7 Å². The molecule has 0 atom stereocenters. The van der Waals surface area contributed by atoms with Crippen LogP contribution in [0.3, 0.4) is 0 Å². The minimum absolute atomic E-state index is 0.0349. The molecule has 24 heavy (non-hydrogen) atoms. The molecule has 0 aliphatic heterocycles. The number of thiophene rings is 2. The van der Waals surface area contributed by atoms with Crippen molar-refractivity contribution in [1.29, 1.82) is 0 Å². The van der Waals surface area contributed by atoms with Crippen molar-refractivity contribution in [2.75, 3.05) is 0 Å². The van der Waals surface area contributed by atoms with Gasteiger partial charge in [-0.25, -0.2) is 4.98 Å². The van der Waals surface area contributed by atoms with Crippen LogP contribution in [0.1, 0.15) is 28.1 Å². The fourth-order valence-electron chi connectivity index (χ4n) is 2.60. The first-order valence-corrected chi connectivity index (χ1v) is 9.83. The molecule has 4 rings (SSSR count). The maximum absolute atomic E-state index is 12.8. The molecule has 3 nitrogen and oxygen atoms in total. The van der Waals surface area contributed by atoms with Gasteiger partial charge in [0.05, 0.1) is 12.1 Å². The van der Waals surface area contributed by atoms with Crippen LogP contribution >= 0.6 is 34.3 Å². The Morgan fingerprint density at radius 3 is 2.75 bits per heavy atom. The number of aromatic nitrogens is 1. The van der Waals surface area contributed by atoms with Crippen molar-refractivity contribution in [2.24, 2.45) is 0 Å². The van der Waals surface area contributed by atoms with Gasteiger partial charge < -0.3 is 4.90 Å². The van der Waals surface area contributed by atoms with E-state index in [0.29, 0.717) is 23.3 Å². The second kappa shape index (κ2) is 6.67. The Bertz CT molecular complexity index is 838. The van der Waals surface area contributed by atoms with E-state index in [-0.39, 0.29) is 5.91 Å². The molecule has 1 fully saturated rings. The summed E-state index contributed by atoms with van der Waals surface area (Å²) in [6.45, 7) is 0.655. The summed E-state index contributed by atoms with van der Waals surface area (Å²) in [5.74, 6) is 0.0349. The third-order valence-corrected chi connectivity index (χ3v) is 6.33. The Kier molecular flexibility index (Phi) is 4.39. The van der Waals surface area contributed by atoms with Crippen molar-refractivity contribution in [2.45, 2.75) is 25.4 Å². The molecule has 6 heteroatoms. The van der Waals surface area contributed by atoms with Gasteiger partial charge in [0, 0.05) is 26.9 Å². The fourth-order valence-corrected chi connectivity index (χ4v) is 4.56. The van der Waals surface area contributed by atoms with E-state index in [1.165, 1.54) is 14.6 Å². The van der Waals surface area contributed by atoms with Crippen LogP contribution in [-0.4, -0.2) is 21.8 Å². The summed E-state index contributed by atoms with van der Waals surface area (Å²) in [6, 6.07) is 12.2. The van der Waals surface area contributed by atoms with Gasteiger partial charge in [0.25, 0.3) is 5.91 Å². The Hall–Kier alpha value is -1.69. The van der Waals surface area contributed by atoms with Gasteiger partial charge in [-0.15, -0.1) is 22.7 Å². The zero-order chi connectivity index (χ0) is 16.5. The predicted octanol–water partition coefficient (Wildman–Crippen LogP) is 5.33. The van der Waals surface area contributed by atoms with Gasteiger partial charge >= 0.3 is 0 Å². The van der Waals surface area contributed by atoms with Crippen LogP contribution < -0.4 is 0 Å². The van der Waals surface area contributed by atoms with E-state index in [1.807, 2.05) is 4.90 Å². The summed E-state index contributed by atoms with van der Waals surface area (Å²) in [5.41, 5.74) is 0.598. The highest BCUT2D eigenvalue weighted by atomic mass is 35.5. The first-order chi connectivity index (χ1) is 11.7. The summed E-state index contributed by atoms with van der Waals surface area (Å²) < 4.78 is 0. The van der Waals surface area contributed by atoms with E-state index < -0.39 is 0 Å². The number of pyridine rings is 1. The normalized spacial score (nSPS) is 13.9. The van der Waals surface area contributed by atoms with E-state index in [0.717, 1.165) is 12.8 Å². The van der Waals surface area contributed by atoms with Crippen molar-refractivity contribution in [3.8, 4) is 9.75 Å². The molecule has 1 aliphatic carbocycles. The topological polar surface area (TPSA) is 33.2 Å². The molecule has 1 amide bonds. The van der Waals surface area contributed by atoms with Crippen molar-refractivity contribution < 1.29 is 4.79 Å². The summed E-state index contributed by atoms with van der Waals surface area (Å²) >= 11 is 9.32. The number of hydrogen-bond donors (Lipinski definition) is 0. The van der Waals surface area contributed by atoms with E-state index >= 15 is 0 Å². The van der Waals surface area contributed by atoms with Gasteiger partial charge in [0.1, 0.15) is 5.15 Å². The molecular formula is C18H15ClN2OS2. The molecular weight excluding hydrogens is 360 g/mol. The third-order valence-electron chi connectivity index (χ3n) is 3.97. The first kappa shape index (κ1) is 15.8. The molecule has 1 saturated carbocycles. The molecule has 3 aromatic heterocycles. The Morgan fingerprint density at radius 2 is 2.08 bits per heavy atom. The molecule has 3 heterocycles. The molecule has 0 aromatic carbocycles. The van der Waals surface area contributed by atoms with E-state index in [1.54, 1.807) is 41.0 Å². The van der Waals surface area contributed by atoms with Crippen molar-refractivity contribution in [3.63, 3.8) is 0 Å². The first-order valence-electron chi connectivity index (χ1n) is 7.76. The predicted molar refractivity (Wildman–Crippen MR) is 99.8 cm³/mol. The molecule has 0 unspecified atom stereocenters. The molecule has 0 saturated heterocycles. The number of hydrogen-bond acceptors (Lipinski definition) is 4. The van der Waals surface area contributed by atoms with E-state index in [9.17, 15) is 4.79 Å². The summed E-state index contributed by atoms with van der Waals surface area (Å²) in [6.07, 6.45) is 3.72. The minimum Gasteiger partial charge on any atom is -0.330 e. The van der Waals surface area contributed by atoms with Crippen molar-refractivity contribution >= 4 is 40.2 Å². The Balaban J connectivity index is 1.54. The van der Waals surface area contributed by atoms with Crippen LogP contribution in [0.2, 0.25) is 5.15 Å². The molecule has 0 spiro atoms. The maximum atomic E-state index is 12.8. The zero-order valence-corrected chi connectivity index (χ0v) is 15.2. The standard InChI is InChI=1S/C18H15ClN2OS2/c19-17-8-3-12(10-20-17)18(22)21(13-4-5-13)11-14-6-7-16(24-14)15-2-1-9-23-15/h1-3,6-10,13H,4-5,11H2. The number of carbonyl (C=O) groups excluding carboxylic acids is 1. The smallest absolute Gasteiger partial charge is 0.255 e. The van der Waals surface area contributed by atoms with Crippen LogP contribution in [0.25, 0.3) is 9.75 Å². The highest BCUT2D eigenvalue weighted by molar-refractivity contribution is 7.21. The minimum atomic E-state index is 0.0349. The molecule has 0 radical (unpaired) electrons. The zero-order valence-electron chi connectivity index (χ0n) is 12.8. The second-order valence-corrected chi connectivity index (χ2v) is 8.28. The van der Waals surface area contributed by atoms with Gasteiger partial charge in [-0.2, -0.15) is 0 Å². The quantitative estimate of drug-likeness (QED) is 0.565. The molecule has 1 aliphatic rings. The van der Waals surface area contributed by atoms with Crippen LogP contribution in [0.15, 0.2) is 48.0 Å². The lowest BCUT2D eigenvalue weighted by atomic mass is 10.2. The van der Waals surface area contributed by atoms with Gasteiger partial charge in [0.2, 0.25) is 0 Å². The third kappa shape index (κ3) is 3.38. The van der Waals surface area contributed by atoms with Crippen molar-refractivity contribution in [3.05, 3.63) is 63.6 Å². The second-order valence-electron chi connectivity index (χ2n) is 5.78.